The van der Waals surface area contributed by atoms with Crippen LogP contribution in [0, 0.1) is 13.8 Å². The van der Waals surface area contributed by atoms with E-state index in [0.29, 0.717) is 44.6 Å². The molecule has 0 unspecified atom stereocenters. The van der Waals surface area contributed by atoms with Gasteiger partial charge in [-0.3, -0.25) is 14.7 Å². The summed E-state index contributed by atoms with van der Waals surface area (Å²) < 4.78 is 86.4. The van der Waals surface area contributed by atoms with Gasteiger partial charge in [-0.25, -0.2) is 0 Å². The quantitative estimate of drug-likeness (QED) is 0.271. The highest BCUT2D eigenvalue weighted by atomic mass is 19.4. The molecule has 0 saturated carbocycles. The van der Waals surface area contributed by atoms with Gasteiger partial charge in [-0.1, -0.05) is 18.2 Å². The van der Waals surface area contributed by atoms with Crippen LogP contribution in [0.25, 0.3) is 0 Å². The number of hydrogen-bond acceptors (Lipinski definition) is 4. The van der Waals surface area contributed by atoms with Crippen molar-refractivity contribution in [2.45, 2.75) is 51.5 Å². The molecule has 1 saturated heterocycles. The second-order valence-corrected chi connectivity index (χ2v) is 10.7. The fraction of sp³-hybridized carbons (Fsp3) is 0.419. The molecule has 0 N–H and O–H groups in total. The molecular weight excluding hydrogens is 560 g/mol. The number of benzene rings is 2. The predicted octanol–water partition coefficient (Wildman–Crippen LogP) is 6.75. The molecule has 226 valence electrons. The SMILES string of the molecule is COc1ccncc1CCCN1CCN(C(=O)c2cc(C(F)(F)F)cc(C(F)(F)F)c2)[C@H](Cc2ccc(C)c(C)c2)C1. The number of ether oxygens (including phenoxy) is 1. The van der Waals surface area contributed by atoms with E-state index < -0.39 is 41.0 Å². The Balaban J connectivity index is 1.58. The zero-order chi connectivity index (χ0) is 30.7. The number of piperazine rings is 1. The molecule has 1 atom stereocenters. The Kier molecular flexibility index (Phi) is 9.50. The lowest BCUT2D eigenvalue weighted by Gasteiger charge is -2.42. The van der Waals surface area contributed by atoms with Crippen LogP contribution in [0.3, 0.4) is 0 Å². The molecule has 42 heavy (non-hydrogen) atoms. The lowest BCUT2D eigenvalue weighted by Crippen LogP contribution is -2.56. The molecule has 4 rings (SSSR count). The molecule has 0 bridgehead atoms. The summed E-state index contributed by atoms with van der Waals surface area (Å²) >= 11 is 0. The average molecular weight is 594 g/mol. The summed E-state index contributed by atoms with van der Waals surface area (Å²) in [4.78, 5) is 21.4. The van der Waals surface area contributed by atoms with Crippen LogP contribution in [-0.2, 0) is 25.2 Å². The zero-order valence-electron chi connectivity index (χ0n) is 23.6. The van der Waals surface area contributed by atoms with E-state index in [4.69, 9.17) is 4.74 Å². The van der Waals surface area contributed by atoms with E-state index in [1.807, 2.05) is 32.0 Å². The number of pyridine rings is 1. The standard InChI is InChI=1S/C31H33F6N3O2/c1-20-6-7-22(13-21(20)2)14-27-19-39(10-4-5-23-18-38-9-8-28(23)42-3)11-12-40(27)29(41)24-15-25(30(32,33)34)17-26(16-24)31(35,36)37/h6-9,13,15-18,27H,4-5,10-12,14,19H2,1-3H3/t27-/m1/s1. The van der Waals surface area contributed by atoms with Crippen LogP contribution in [0.1, 0.15) is 50.2 Å². The fourth-order valence-corrected chi connectivity index (χ4v) is 5.31. The smallest absolute Gasteiger partial charge is 0.416 e. The van der Waals surface area contributed by atoms with E-state index in [1.165, 1.54) is 4.90 Å². The molecule has 0 aliphatic carbocycles. The number of aryl methyl sites for hydroxylation is 3. The summed E-state index contributed by atoms with van der Waals surface area (Å²) in [5.74, 6) is -0.104. The van der Waals surface area contributed by atoms with Crippen molar-refractivity contribution in [3.63, 3.8) is 0 Å². The molecule has 0 radical (unpaired) electrons. The zero-order valence-corrected chi connectivity index (χ0v) is 23.6. The van der Waals surface area contributed by atoms with Crippen LogP contribution in [0.2, 0.25) is 0 Å². The van der Waals surface area contributed by atoms with Gasteiger partial charge in [0.1, 0.15) is 5.75 Å². The summed E-state index contributed by atoms with van der Waals surface area (Å²) in [5.41, 5.74) is 0.405. The molecule has 1 amide bonds. The number of nitrogens with zero attached hydrogens (tertiary/aromatic N) is 3. The first kappa shape index (κ1) is 31.3. The van der Waals surface area contributed by atoms with Crippen molar-refractivity contribution in [2.75, 3.05) is 33.3 Å². The molecule has 5 nitrogen and oxygen atoms in total. The first-order valence-corrected chi connectivity index (χ1v) is 13.6. The summed E-state index contributed by atoms with van der Waals surface area (Å²) in [6.07, 6.45) is -4.78. The number of aromatic nitrogens is 1. The van der Waals surface area contributed by atoms with Crippen LogP contribution in [0.15, 0.2) is 54.9 Å². The van der Waals surface area contributed by atoms with Crippen LogP contribution in [-0.4, -0.2) is 60.0 Å². The maximum atomic E-state index is 13.6. The summed E-state index contributed by atoms with van der Waals surface area (Å²) in [7, 11) is 1.59. The predicted molar refractivity (Wildman–Crippen MR) is 146 cm³/mol. The Bertz CT molecular complexity index is 1370. The monoisotopic (exact) mass is 593 g/mol. The summed E-state index contributed by atoms with van der Waals surface area (Å²) in [6, 6.07) is 8.29. The minimum atomic E-state index is -5.04. The van der Waals surface area contributed by atoms with E-state index in [2.05, 4.69) is 9.88 Å². The lowest BCUT2D eigenvalue weighted by atomic mass is 9.97. The third kappa shape index (κ3) is 7.61. The maximum absolute atomic E-state index is 13.6. The highest BCUT2D eigenvalue weighted by Gasteiger charge is 2.39. The van der Waals surface area contributed by atoms with Crippen molar-refractivity contribution in [1.29, 1.82) is 0 Å². The van der Waals surface area contributed by atoms with Crippen LogP contribution in [0.4, 0.5) is 26.3 Å². The van der Waals surface area contributed by atoms with Gasteiger partial charge in [-0.2, -0.15) is 26.3 Å². The van der Waals surface area contributed by atoms with Gasteiger partial charge in [0, 0.05) is 49.2 Å². The molecule has 1 aromatic heterocycles. The van der Waals surface area contributed by atoms with Gasteiger partial charge in [0.05, 0.1) is 18.2 Å². The minimum Gasteiger partial charge on any atom is -0.496 e. The highest BCUT2D eigenvalue weighted by Crippen LogP contribution is 2.37. The van der Waals surface area contributed by atoms with Crippen molar-refractivity contribution in [3.05, 3.63) is 93.8 Å². The molecule has 3 aromatic rings. The van der Waals surface area contributed by atoms with Gasteiger partial charge in [0.2, 0.25) is 0 Å². The maximum Gasteiger partial charge on any atom is 0.416 e. The third-order valence-corrected chi connectivity index (χ3v) is 7.70. The van der Waals surface area contributed by atoms with Crippen molar-refractivity contribution in [1.82, 2.24) is 14.8 Å². The van der Waals surface area contributed by atoms with E-state index in [9.17, 15) is 31.1 Å². The molecule has 1 aliphatic heterocycles. The number of carbonyl (C=O) groups excluding carboxylic acids is 1. The number of carbonyl (C=O) groups is 1. The van der Waals surface area contributed by atoms with Crippen LogP contribution < -0.4 is 4.74 Å². The second-order valence-electron chi connectivity index (χ2n) is 10.7. The van der Waals surface area contributed by atoms with Crippen molar-refractivity contribution >= 4 is 5.91 Å². The first-order chi connectivity index (χ1) is 19.8. The van der Waals surface area contributed by atoms with Gasteiger partial charge >= 0.3 is 12.4 Å². The number of halogens is 6. The number of rotatable bonds is 8. The minimum absolute atomic E-state index is 0.0402. The van der Waals surface area contributed by atoms with E-state index in [0.717, 1.165) is 34.4 Å². The Morgan fingerprint density at radius 2 is 1.64 bits per heavy atom. The number of alkyl halides is 6. The molecular formula is C31H33F6N3O2. The normalized spacial score (nSPS) is 16.5. The molecule has 11 heteroatoms. The Morgan fingerprint density at radius 3 is 2.26 bits per heavy atom. The Morgan fingerprint density at radius 1 is 0.952 bits per heavy atom. The van der Waals surface area contributed by atoms with Crippen LogP contribution in [0.5, 0.6) is 5.75 Å². The number of hydrogen-bond donors (Lipinski definition) is 0. The van der Waals surface area contributed by atoms with Gasteiger partial charge in [-0.15, -0.1) is 0 Å². The lowest BCUT2D eigenvalue weighted by molar-refractivity contribution is -0.143. The highest BCUT2D eigenvalue weighted by molar-refractivity contribution is 5.95. The molecule has 0 spiro atoms. The number of methoxy groups -OCH3 is 1. The van der Waals surface area contributed by atoms with Gasteiger partial charge in [-0.05, 0) is 80.6 Å². The van der Waals surface area contributed by atoms with E-state index in [1.54, 1.807) is 25.6 Å². The topological polar surface area (TPSA) is 45.7 Å². The third-order valence-electron chi connectivity index (χ3n) is 7.70. The fourth-order valence-electron chi connectivity index (χ4n) is 5.31. The Labute approximate surface area is 241 Å². The molecule has 2 aromatic carbocycles. The average Bonchev–Trinajstić information content (AvgIpc) is 2.94. The number of amides is 1. The first-order valence-electron chi connectivity index (χ1n) is 13.6. The van der Waals surface area contributed by atoms with Crippen LogP contribution >= 0.6 is 0 Å². The molecule has 1 aliphatic rings. The molecule has 1 fully saturated rings. The van der Waals surface area contributed by atoms with Crippen molar-refractivity contribution in [2.24, 2.45) is 0 Å². The largest absolute Gasteiger partial charge is 0.496 e. The van der Waals surface area contributed by atoms with Gasteiger partial charge in [0.15, 0.2) is 0 Å². The summed E-state index contributed by atoms with van der Waals surface area (Å²) in [5, 5.41) is 0. The van der Waals surface area contributed by atoms with E-state index in [-0.39, 0.29) is 12.6 Å². The molecule has 2 heterocycles. The summed E-state index contributed by atoms with van der Waals surface area (Å²) in [6.45, 7) is 5.65. The Hall–Kier alpha value is -3.60. The van der Waals surface area contributed by atoms with E-state index >= 15 is 0 Å². The second kappa shape index (κ2) is 12.7. The van der Waals surface area contributed by atoms with Crippen molar-refractivity contribution < 1.29 is 35.9 Å². The van der Waals surface area contributed by atoms with Gasteiger partial charge in [0.25, 0.3) is 5.91 Å². The van der Waals surface area contributed by atoms with Gasteiger partial charge < -0.3 is 9.64 Å². The van der Waals surface area contributed by atoms with Crippen molar-refractivity contribution in [3.8, 4) is 5.75 Å².